The Morgan fingerprint density at radius 2 is 1.59 bits per heavy atom. The van der Waals surface area contributed by atoms with Crippen molar-refractivity contribution in [2.45, 2.75) is 6.04 Å². The first-order chi connectivity index (χ1) is 14.1. The summed E-state index contributed by atoms with van der Waals surface area (Å²) in [5.41, 5.74) is 1.23. The van der Waals surface area contributed by atoms with E-state index in [0.717, 1.165) is 4.90 Å². The van der Waals surface area contributed by atoms with Gasteiger partial charge in [-0.1, -0.05) is 30.3 Å². The van der Waals surface area contributed by atoms with E-state index in [1.165, 1.54) is 16.7 Å². The Labute approximate surface area is 171 Å². The van der Waals surface area contributed by atoms with Gasteiger partial charge in [-0.15, -0.1) is 11.8 Å². The molecular formula is C21H18N2O5S. The quantitative estimate of drug-likeness (QED) is 0.554. The highest BCUT2D eigenvalue weighted by Crippen LogP contribution is 2.25. The molecule has 2 aliphatic rings. The van der Waals surface area contributed by atoms with E-state index < -0.39 is 12.0 Å². The molecule has 148 valence electrons. The Morgan fingerprint density at radius 1 is 0.966 bits per heavy atom. The highest BCUT2D eigenvalue weighted by molar-refractivity contribution is 7.99. The molecule has 0 bridgehead atoms. The number of amides is 3. The zero-order valence-electron chi connectivity index (χ0n) is 15.4. The molecule has 1 fully saturated rings. The second kappa shape index (κ2) is 8.08. The lowest BCUT2D eigenvalue weighted by Crippen LogP contribution is -2.43. The third-order valence-corrected chi connectivity index (χ3v) is 5.89. The Bertz CT molecular complexity index is 943. The predicted molar refractivity (Wildman–Crippen MR) is 106 cm³/mol. The number of carbonyl (C=O) groups is 4. The van der Waals surface area contributed by atoms with Gasteiger partial charge in [-0.05, 0) is 24.3 Å². The van der Waals surface area contributed by atoms with E-state index in [4.69, 9.17) is 4.74 Å². The van der Waals surface area contributed by atoms with Gasteiger partial charge in [-0.3, -0.25) is 19.3 Å². The summed E-state index contributed by atoms with van der Waals surface area (Å²) in [6, 6.07) is 14.7. The van der Waals surface area contributed by atoms with Gasteiger partial charge in [-0.2, -0.15) is 0 Å². The van der Waals surface area contributed by atoms with Crippen molar-refractivity contribution in [1.82, 2.24) is 9.80 Å². The normalized spacial score (nSPS) is 18.1. The molecule has 0 aromatic heterocycles. The zero-order chi connectivity index (χ0) is 20.4. The molecule has 4 rings (SSSR count). The van der Waals surface area contributed by atoms with Gasteiger partial charge in [-0.25, -0.2) is 4.79 Å². The molecule has 0 N–H and O–H groups in total. The van der Waals surface area contributed by atoms with Crippen LogP contribution in [-0.2, 0) is 9.53 Å². The average molecular weight is 410 g/mol. The van der Waals surface area contributed by atoms with Crippen LogP contribution in [0.15, 0.2) is 54.6 Å². The number of fused-ring (bicyclic) bond motifs is 1. The van der Waals surface area contributed by atoms with Crippen molar-refractivity contribution >= 4 is 35.5 Å². The third-order valence-electron chi connectivity index (χ3n) is 4.87. The summed E-state index contributed by atoms with van der Waals surface area (Å²) in [5, 5.41) is 0. The molecule has 2 aromatic rings. The molecule has 7 nitrogen and oxygen atoms in total. The second-order valence-corrected chi connectivity index (χ2v) is 7.63. The van der Waals surface area contributed by atoms with Crippen LogP contribution in [0.25, 0.3) is 0 Å². The number of ether oxygens (including phenoxy) is 1. The van der Waals surface area contributed by atoms with E-state index in [1.54, 1.807) is 48.5 Å². The minimum absolute atomic E-state index is 0.0232. The summed E-state index contributed by atoms with van der Waals surface area (Å²) < 4.78 is 5.31. The number of benzene rings is 2. The van der Waals surface area contributed by atoms with Gasteiger partial charge in [0.15, 0.2) is 0 Å². The smallest absolute Gasteiger partial charge is 0.329 e. The molecule has 0 aliphatic carbocycles. The van der Waals surface area contributed by atoms with E-state index >= 15 is 0 Å². The molecule has 29 heavy (non-hydrogen) atoms. The summed E-state index contributed by atoms with van der Waals surface area (Å²) in [5.74, 6) is -0.678. The molecule has 2 aromatic carbocycles. The Morgan fingerprint density at radius 3 is 2.24 bits per heavy atom. The first kappa shape index (κ1) is 19.2. The van der Waals surface area contributed by atoms with E-state index in [0.29, 0.717) is 28.3 Å². The van der Waals surface area contributed by atoms with Crippen LogP contribution < -0.4 is 0 Å². The number of thioether (sulfide) groups is 1. The standard InChI is InChI=1S/C21H18N2O5S/c24-18(14-6-2-1-3-7-14)23-13-29-12-17(23)21(27)28-11-10-22-19(25)15-8-4-5-9-16(15)20(22)26/h1-9,17H,10-13H2/t17-/m0/s1. The number of carbonyl (C=O) groups excluding carboxylic acids is 4. The second-order valence-electron chi connectivity index (χ2n) is 6.63. The summed E-state index contributed by atoms with van der Waals surface area (Å²) in [7, 11) is 0. The van der Waals surface area contributed by atoms with Gasteiger partial charge in [0.2, 0.25) is 0 Å². The van der Waals surface area contributed by atoms with E-state index in [9.17, 15) is 19.2 Å². The van der Waals surface area contributed by atoms with Crippen LogP contribution in [0, 0.1) is 0 Å². The number of imide groups is 1. The Kier molecular flexibility index (Phi) is 5.35. The fourth-order valence-electron chi connectivity index (χ4n) is 3.36. The minimum atomic E-state index is -0.685. The van der Waals surface area contributed by atoms with Crippen LogP contribution in [0.4, 0.5) is 0 Å². The molecular weight excluding hydrogens is 392 g/mol. The number of nitrogens with zero attached hydrogens (tertiary/aromatic N) is 2. The van der Waals surface area contributed by atoms with Crippen LogP contribution in [0.5, 0.6) is 0 Å². The first-order valence-corrected chi connectivity index (χ1v) is 10.3. The number of esters is 1. The lowest BCUT2D eigenvalue weighted by molar-refractivity contribution is -0.147. The van der Waals surface area contributed by atoms with Gasteiger partial charge in [0.25, 0.3) is 17.7 Å². The lowest BCUT2D eigenvalue weighted by atomic mass is 10.1. The van der Waals surface area contributed by atoms with Gasteiger partial charge in [0.1, 0.15) is 12.6 Å². The Balaban J connectivity index is 1.35. The van der Waals surface area contributed by atoms with Crippen LogP contribution >= 0.6 is 11.8 Å². The molecule has 3 amide bonds. The number of hydrogen-bond donors (Lipinski definition) is 0. The molecule has 1 atom stereocenters. The van der Waals surface area contributed by atoms with E-state index in [-0.39, 0.29) is 30.9 Å². The maximum Gasteiger partial charge on any atom is 0.329 e. The third kappa shape index (κ3) is 3.63. The summed E-state index contributed by atoms with van der Waals surface area (Å²) >= 11 is 1.48. The van der Waals surface area contributed by atoms with Crippen molar-refractivity contribution in [3.63, 3.8) is 0 Å². The van der Waals surface area contributed by atoms with Gasteiger partial charge >= 0.3 is 5.97 Å². The van der Waals surface area contributed by atoms with Crippen molar-refractivity contribution in [3.8, 4) is 0 Å². The SMILES string of the molecule is O=C(OCCN1C(=O)c2ccccc2C1=O)[C@@H]1CSCN1C(=O)c1ccccc1. The minimum Gasteiger partial charge on any atom is -0.462 e. The molecule has 2 aliphatic heterocycles. The maximum absolute atomic E-state index is 12.7. The largest absolute Gasteiger partial charge is 0.462 e. The van der Waals surface area contributed by atoms with Crippen LogP contribution in [0.1, 0.15) is 31.1 Å². The van der Waals surface area contributed by atoms with Gasteiger partial charge in [0.05, 0.1) is 23.5 Å². The maximum atomic E-state index is 12.7. The van der Waals surface area contributed by atoms with Crippen molar-refractivity contribution in [2.75, 3.05) is 24.8 Å². The topological polar surface area (TPSA) is 84.0 Å². The molecule has 2 heterocycles. The van der Waals surface area contributed by atoms with E-state index in [2.05, 4.69) is 0 Å². The molecule has 0 radical (unpaired) electrons. The highest BCUT2D eigenvalue weighted by Gasteiger charge is 2.37. The van der Waals surface area contributed by atoms with Crippen LogP contribution in [0.2, 0.25) is 0 Å². The predicted octanol–water partition coefficient (Wildman–Crippen LogP) is 2.04. The number of hydrogen-bond acceptors (Lipinski definition) is 6. The fraction of sp³-hybridized carbons (Fsp3) is 0.238. The summed E-state index contributed by atoms with van der Waals surface area (Å²) in [6.45, 7) is -0.135. The van der Waals surface area contributed by atoms with Crippen molar-refractivity contribution in [2.24, 2.45) is 0 Å². The van der Waals surface area contributed by atoms with Gasteiger partial charge < -0.3 is 9.64 Å². The zero-order valence-corrected chi connectivity index (χ0v) is 16.3. The Hall–Kier alpha value is -3.13. The highest BCUT2D eigenvalue weighted by atomic mass is 32.2. The number of rotatable bonds is 5. The average Bonchev–Trinajstić information content (AvgIpc) is 3.33. The molecule has 0 spiro atoms. The van der Waals surface area contributed by atoms with Crippen molar-refractivity contribution in [3.05, 3.63) is 71.3 Å². The van der Waals surface area contributed by atoms with Crippen molar-refractivity contribution < 1.29 is 23.9 Å². The lowest BCUT2D eigenvalue weighted by Gasteiger charge is -2.23. The monoisotopic (exact) mass is 410 g/mol. The molecule has 0 saturated carbocycles. The molecule has 1 saturated heterocycles. The summed E-state index contributed by atoms with van der Waals surface area (Å²) in [4.78, 5) is 52.5. The summed E-state index contributed by atoms with van der Waals surface area (Å²) in [6.07, 6.45) is 0. The van der Waals surface area contributed by atoms with E-state index in [1.807, 2.05) is 6.07 Å². The fourth-order valence-corrected chi connectivity index (χ4v) is 4.50. The molecule has 0 unspecified atom stereocenters. The van der Waals surface area contributed by atoms with Crippen LogP contribution in [-0.4, -0.2) is 64.3 Å². The van der Waals surface area contributed by atoms with Gasteiger partial charge in [0, 0.05) is 11.3 Å². The van der Waals surface area contributed by atoms with Crippen LogP contribution in [0.3, 0.4) is 0 Å². The molecule has 8 heteroatoms. The first-order valence-electron chi connectivity index (χ1n) is 9.13. The van der Waals surface area contributed by atoms with Crippen molar-refractivity contribution in [1.29, 1.82) is 0 Å².